The van der Waals surface area contributed by atoms with E-state index in [1.807, 2.05) is 0 Å². The van der Waals surface area contributed by atoms with E-state index in [0.29, 0.717) is 19.3 Å². The third-order valence-electron chi connectivity index (χ3n) is 13.1. The second-order valence-electron chi connectivity index (χ2n) is 20.5. The highest BCUT2D eigenvalue weighted by atomic mass is 31.2. The van der Waals surface area contributed by atoms with Crippen LogP contribution >= 0.6 is 7.82 Å². The maximum Gasteiger partial charge on any atom is 0.472 e. The molecule has 76 heavy (non-hydrogen) atoms. The number of hydrogen-bond donors (Lipinski definition) is 2. The SMILES string of the molecule is CC/C=C\C/C=C\C/C=C\CCCCCCCC(=O)OC(CO)COP(=O)(O)OCC(COC(=O)CCCCCCC/C=C\CCCCCCCC)OC(=O)CCCCCCCCCCC/C=C\C/C=C\CCCCC. The van der Waals surface area contributed by atoms with E-state index < -0.39 is 57.8 Å². The highest BCUT2D eigenvalue weighted by Gasteiger charge is 2.28. The molecule has 0 bridgehead atoms. The summed E-state index contributed by atoms with van der Waals surface area (Å²) in [6.07, 6.45) is 65.6. The Morgan fingerprint density at radius 3 is 1.09 bits per heavy atom. The van der Waals surface area contributed by atoms with Crippen molar-refractivity contribution in [2.75, 3.05) is 26.4 Å². The van der Waals surface area contributed by atoms with Crippen LogP contribution in [-0.4, -0.2) is 66.5 Å². The van der Waals surface area contributed by atoms with Crippen molar-refractivity contribution in [1.82, 2.24) is 0 Å². The van der Waals surface area contributed by atoms with Crippen LogP contribution in [0.5, 0.6) is 0 Å². The highest BCUT2D eigenvalue weighted by Crippen LogP contribution is 2.43. The van der Waals surface area contributed by atoms with Gasteiger partial charge in [-0.2, -0.15) is 0 Å². The van der Waals surface area contributed by atoms with E-state index in [9.17, 15) is 28.9 Å². The van der Waals surface area contributed by atoms with E-state index >= 15 is 0 Å². The Hall–Kier alpha value is -3.08. The smallest absolute Gasteiger partial charge is 0.462 e. The van der Waals surface area contributed by atoms with Crippen LogP contribution in [0, 0.1) is 0 Å². The molecule has 440 valence electrons. The molecule has 0 spiro atoms. The maximum atomic E-state index is 12.9. The molecule has 0 aromatic carbocycles. The molecule has 0 amide bonds. The van der Waals surface area contributed by atoms with Crippen LogP contribution < -0.4 is 0 Å². The van der Waals surface area contributed by atoms with Crippen LogP contribution in [0.3, 0.4) is 0 Å². The summed E-state index contributed by atoms with van der Waals surface area (Å²) in [7, 11) is -4.76. The second kappa shape index (κ2) is 58.1. The third-order valence-corrected chi connectivity index (χ3v) is 14.0. The highest BCUT2D eigenvalue weighted by molar-refractivity contribution is 7.47. The zero-order valence-electron chi connectivity index (χ0n) is 48.7. The topological polar surface area (TPSA) is 155 Å². The first-order chi connectivity index (χ1) is 37.2. The van der Waals surface area contributed by atoms with Gasteiger partial charge in [-0.15, -0.1) is 0 Å². The number of rotatable bonds is 57. The summed E-state index contributed by atoms with van der Waals surface area (Å²) in [5.41, 5.74) is 0. The van der Waals surface area contributed by atoms with Crippen molar-refractivity contribution in [3.8, 4) is 0 Å². The first kappa shape index (κ1) is 72.9. The van der Waals surface area contributed by atoms with Gasteiger partial charge in [0.1, 0.15) is 12.7 Å². The summed E-state index contributed by atoms with van der Waals surface area (Å²) in [6, 6.07) is 0. The molecule has 0 aliphatic carbocycles. The standard InChI is InChI=1S/C64H113O11P/c1-4-7-10-13-16-19-22-25-28-29-30-31-34-37-40-43-46-49-52-55-64(68)75-61(57-71-62(66)53-50-47-44-41-38-35-32-26-23-20-17-14-11-8-5-2)59-73-76(69,70)72-58-60(56-65)74-63(67)54-51-48-45-42-39-36-33-27-24-21-18-15-12-9-6-3/h9,12,16,18-19,21,25-28,32-33,60-61,65H,4-8,10-11,13-15,17,20,22-24,29-31,34-59H2,1-3H3,(H,69,70)/b12-9-,19-16-,21-18-,28-25-,32-26-,33-27-. The van der Waals surface area contributed by atoms with Crippen molar-refractivity contribution in [3.05, 3.63) is 72.9 Å². The first-order valence-electron chi connectivity index (χ1n) is 30.8. The molecule has 0 aliphatic rings. The number of unbranched alkanes of at least 4 members (excludes halogenated alkanes) is 28. The summed E-state index contributed by atoms with van der Waals surface area (Å²) < 4.78 is 39.6. The fourth-order valence-electron chi connectivity index (χ4n) is 8.40. The molecule has 2 N–H and O–H groups in total. The van der Waals surface area contributed by atoms with Crippen molar-refractivity contribution >= 4 is 25.7 Å². The lowest BCUT2D eigenvalue weighted by Crippen LogP contribution is -2.30. The normalized spacial score (nSPS) is 13.8. The van der Waals surface area contributed by atoms with Gasteiger partial charge in [-0.25, -0.2) is 4.57 Å². The number of esters is 3. The van der Waals surface area contributed by atoms with Gasteiger partial charge in [0.2, 0.25) is 0 Å². The lowest BCUT2D eigenvalue weighted by Gasteiger charge is -2.21. The molecule has 0 aromatic heterocycles. The number of aliphatic hydroxyl groups excluding tert-OH is 1. The first-order valence-corrected chi connectivity index (χ1v) is 32.3. The molecular formula is C64H113O11P. The molecule has 0 radical (unpaired) electrons. The molecule has 0 aromatic rings. The van der Waals surface area contributed by atoms with E-state index in [2.05, 4.69) is 93.7 Å². The van der Waals surface area contributed by atoms with Crippen molar-refractivity contribution in [1.29, 1.82) is 0 Å². The number of aliphatic hydroxyl groups is 1. The summed E-state index contributed by atoms with van der Waals surface area (Å²) in [6.45, 7) is 4.50. The minimum absolute atomic E-state index is 0.156. The van der Waals surface area contributed by atoms with Crippen LogP contribution in [-0.2, 0) is 42.2 Å². The largest absolute Gasteiger partial charge is 0.472 e. The Kier molecular flexibility index (Phi) is 55.7. The van der Waals surface area contributed by atoms with Crippen molar-refractivity contribution in [2.45, 2.75) is 290 Å². The van der Waals surface area contributed by atoms with Gasteiger partial charge in [0, 0.05) is 19.3 Å². The second-order valence-corrected chi connectivity index (χ2v) is 21.9. The Balaban J connectivity index is 4.73. The van der Waals surface area contributed by atoms with Gasteiger partial charge in [-0.1, -0.05) is 222 Å². The van der Waals surface area contributed by atoms with Crippen LogP contribution in [0.4, 0.5) is 0 Å². The molecule has 0 heterocycles. The van der Waals surface area contributed by atoms with Crippen LogP contribution in [0.25, 0.3) is 0 Å². The predicted octanol–water partition coefficient (Wildman–Crippen LogP) is 18.5. The number of ether oxygens (including phenoxy) is 3. The number of allylic oxidation sites excluding steroid dienone is 12. The average Bonchev–Trinajstić information content (AvgIpc) is 3.41. The molecular weight excluding hydrogens is 976 g/mol. The van der Waals surface area contributed by atoms with E-state index in [1.165, 1.54) is 96.3 Å². The fourth-order valence-corrected chi connectivity index (χ4v) is 9.18. The lowest BCUT2D eigenvalue weighted by atomic mass is 10.1. The average molecular weight is 1090 g/mol. The summed E-state index contributed by atoms with van der Waals surface area (Å²) in [4.78, 5) is 48.7. The fraction of sp³-hybridized carbons (Fsp3) is 0.766. The summed E-state index contributed by atoms with van der Waals surface area (Å²) >= 11 is 0. The molecule has 11 nitrogen and oxygen atoms in total. The van der Waals surface area contributed by atoms with Crippen molar-refractivity contribution in [3.63, 3.8) is 0 Å². The van der Waals surface area contributed by atoms with Gasteiger partial charge in [0.05, 0.1) is 19.8 Å². The van der Waals surface area contributed by atoms with E-state index in [4.69, 9.17) is 23.3 Å². The maximum absolute atomic E-state index is 12.9. The minimum atomic E-state index is -4.76. The van der Waals surface area contributed by atoms with E-state index in [1.54, 1.807) is 0 Å². The zero-order chi connectivity index (χ0) is 55.5. The monoisotopic (exact) mass is 1090 g/mol. The molecule has 0 saturated carbocycles. The summed E-state index contributed by atoms with van der Waals surface area (Å²) in [5, 5.41) is 9.83. The minimum Gasteiger partial charge on any atom is -0.462 e. The molecule has 3 unspecified atom stereocenters. The lowest BCUT2D eigenvalue weighted by molar-refractivity contribution is -0.161. The molecule has 0 rings (SSSR count). The van der Waals surface area contributed by atoms with Gasteiger partial charge in [0.25, 0.3) is 0 Å². The van der Waals surface area contributed by atoms with Crippen molar-refractivity contribution in [2.24, 2.45) is 0 Å². The van der Waals surface area contributed by atoms with E-state index in [0.717, 1.165) is 122 Å². The zero-order valence-corrected chi connectivity index (χ0v) is 49.6. The van der Waals surface area contributed by atoms with Gasteiger partial charge in [0.15, 0.2) is 6.10 Å². The molecule has 3 atom stereocenters. The number of phosphoric ester groups is 1. The Labute approximate surface area is 465 Å². The number of carbonyl (C=O) groups is 3. The quantitative estimate of drug-likeness (QED) is 0.0197. The van der Waals surface area contributed by atoms with Gasteiger partial charge in [-0.05, 0) is 109 Å². The van der Waals surface area contributed by atoms with Crippen molar-refractivity contribution < 1.29 is 52.2 Å². The number of phosphoric acid groups is 1. The summed E-state index contributed by atoms with van der Waals surface area (Å²) in [5.74, 6) is -1.49. The predicted molar refractivity (Wildman–Crippen MR) is 316 cm³/mol. The van der Waals surface area contributed by atoms with Crippen LogP contribution in [0.15, 0.2) is 72.9 Å². The molecule has 12 heteroatoms. The Morgan fingerprint density at radius 2 is 0.684 bits per heavy atom. The number of carbonyl (C=O) groups excluding carboxylic acids is 3. The van der Waals surface area contributed by atoms with E-state index in [-0.39, 0.29) is 25.9 Å². The number of hydrogen-bond acceptors (Lipinski definition) is 10. The Bertz CT molecular complexity index is 1550. The van der Waals surface area contributed by atoms with Gasteiger partial charge < -0.3 is 24.2 Å². The van der Waals surface area contributed by atoms with Gasteiger partial charge in [-0.3, -0.25) is 23.4 Å². The molecule has 0 aliphatic heterocycles. The third kappa shape index (κ3) is 55.7. The van der Waals surface area contributed by atoms with Gasteiger partial charge >= 0.3 is 25.7 Å². The Morgan fingerprint density at radius 1 is 0.382 bits per heavy atom. The molecule has 0 fully saturated rings. The van der Waals surface area contributed by atoms with Crippen LogP contribution in [0.2, 0.25) is 0 Å². The van der Waals surface area contributed by atoms with Crippen LogP contribution in [0.1, 0.15) is 278 Å². The molecule has 0 saturated heterocycles.